The summed E-state index contributed by atoms with van der Waals surface area (Å²) in [5.74, 6) is 0. The second-order valence-corrected chi connectivity index (χ2v) is 19.0. The Morgan fingerprint density at radius 3 is 1.12 bits per heavy atom. The molecule has 0 atom stereocenters. The average Bonchev–Trinajstić information content (AvgIpc) is 4.16. The Morgan fingerprint density at radius 1 is 0.292 bits per heavy atom. The fourth-order valence-corrected chi connectivity index (χ4v) is 12.0. The molecule has 0 spiro atoms. The maximum Gasteiger partial charge on any atom is 0.136 e. The van der Waals surface area contributed by atoms with Crippen LogP contribution in [-0.4, -0.2) is 9.13 Å². The van der Waals surface area contributed by atoms with Crippen LogP contribution in [0.3, 0.4) is 0 Å². The van der Waals surface area contributed by atoms with Gasteiger partial charge in [0.15, 0.2) is 0 Å². The van der Waals surface area contributed by atoms with Gasteiger partial charge in [0.05, 0.1) is 11.0 Å². The first-order valence-corrected chi connectivity index (χ1v) is 25.0. The van der Waals surface area contributed by atoms with Gasteiger partial charge in [-0.05, 0) is 157 Å². The van der Waals surface area contributed by atoms with Crippen LogP contribution >= 0.6 is 0 Å². The zero-order valence-corrected chi connectivity index (χ0v) is 39.8. The van der Waals surface area contributed by atoms with Crippen LogP contribution < -0.4 is 9.80 Å². The lowest BCUT2D eigenvalue weighted by atomic mass is 10.0. The number of hydrogen-bond donors (Lipinski definition) is 0. The van der Waals surface area contributed by atoms with Gasteiger partial charge in [0.2, 0.25) is 0 Å². The van der Waals surface area contributed by atoms with Crippen molar-refractivity contribution in [2.75, 3.05) is 9.80 Å². The minimum Gasteiger partial charge on any atom is -0.456 e. The number of hydrogen-bond acceptors (Lipinski definition) is 4. The van der Waals surface area contributed by atoms with Crippen molar-refractivity contribution in [2.24, 2.45) is 0 Å². The number of furan rings is 2. The molecule has 0 amide bonds. The zero-order valence-electron chi connectivity index (χ0n) is 39.8. The van der Waals surface area contributed by atoms with Crippen molar-refractivity contribution in [1.29, 1.82) is 0 Å². The molecule has 6 nitrogen and oxygen atoms in total. The van der Waals surface area contributed by atoms with Gasteiger partial charge in [0.25, 0.3) is 0 Å². The third-order valence-corrected chi connectivity index (χ3v) is 15.2. The summed E-state index contributed by atoms with van der Waals surface area (Å²) in [5.41, 5.74) is 14.9. The molecule has 0 aliphatic rings. The molecular formula is C66H46N4O2. The number of anilines is 6. The number of fused-ring (bicyclic) bond motifs is 15. The third-order valence-electron chi connectivity index (χ3n) is 15.2. The molecule has 4 aromatic heterocycles. The van der Waals surface area contributed by atoms with Gasteiger partial charge >= 0.3 is 0 Å². The number of rotatable bonds is 8. The predicted octanol–water partition coefficient (Wildman–Crippen LogP) is 19.0. The maximum absolute atomic E-state index is 6.77. The molecule has 11 aromatic carbocycles. The van der Waals surface area contributed by atoms with E-state index in [0.29, 0.717) is 0 Å². The second-order valence-electron chi connectivity index (χ2n) is 19.0. The summed E-state index contributed by atoms with van der Waals surface area (Å²) >= 11 is 0. The van der Waals surface area contributed by atoms with Gasteiger partial charge in [-0.15, -0.1) is 0 Å². The molecule has 0 fully saturated rings. The van der Waals surface area contributed by atoms with Crippen LogP contribution in [0.4, 0.5) is 34.1 Å². The highest BCUT2D eigenvalue weighted by molar-refractivity contribution is 6.28. The van der Waals surface area contributed by atoms with Crippen LogP contribution in [0.25, 0.3) is 109 Å². The van der Waals surface area contributed by atoms with Crippen molar-refractivity contribution in [3.63, 3.8) is 0 Å². The minimum atomic E-state index is 0.842. The van der Waals surface area contributed by atoms with Crippen molar-refractivity contribution in [1.82, 2.24) is 9.13 Å². The largest absolute Gasteiger partial charge is 0.456 e. The Kier molecular flexibility index (Phi) is 8.81. The Labute approximate surface area is 414 Å². The van der Waals surface area contributed by atoms with Crippen LogP contribution in [0.15, 0.2) is 227 Å². The van der Waals surface area contributed by atoms with Gasteiger partial charge < -0.3 is 27.8 Å². The summed E-state index contributed by atoms with van der Waals surface area (Å²) in [6, 6.07) is 79.2. The van der Waals surface area contributed by atoms with Crippen molar-refractivity contribution in [2.45, 2.75) is 26.9 Å². The summed E-state index contributed by atoms with van der Waals surface area (Å²) < 4.78 is 18.4. The summed E-state index contributed by atoms with van der Waals surface area (Å²) in [6.07, 6.45) is 0. The lowest BCUT2D eigenvalue weighted by Crippen LogP contribution is -2.10. The van der Waals surface area contributed by atoms with Crippen LogP contribution in [-0.2, 0) is 13.1 Å². The van der Waals surface area contributed by atoms with E-state index < -0.39 is 0 Å². The van der Waals surface area contributed by atoms with Crippen molar-refractivity contribution < 1.29 is 8.83 Å². The van der Waals surface area contributed by atoms with E-state index in [1.165, 1.54) is 43.6 Å². The molecule has 0 saturated carbocycles. The smallest absolute Gasteiger partial charge is 0.136 e. The Bertz CT molecular complexity index is 4370. The zero-order chi connectivity index (χ0) is 47.6. The van der Waals surface area contributed by atoms with Gasteiger partial charge in [-0.25, -0.2) is 0 Å². The molecule has 4 heterocycles. The number of aryl methyl sites for hydroxylation is 2. The van der Waals surface area contributed by atoms with Crippen molar-refractivity contribution in [3.05, 3.63) is 218 Å². The first-order chi connectivity index (χ1) is 35.6. The number of aromatic nitrogens is 2. The standard InChI is InChI=1S/C66H46N4O2/c1-3-67-57-21-13-11-19-51(57)53-29-27-49(39-59(53)67)69(45-15-7-5-8-16-45)47-25-23-41-35-55-63(37-43(41)33-47)71-61-31-32-62-66(65(55)61)56-36-42-24-26-48(34-44(42)38-64(56)72-62)70(46-17-9-6-10-18-46)50-28-30-54-52-20-12-14-22-58(52)68(4-2)60(54)40-50/h5-40H,3-4H2,1-2H3. The van der Waals surface area contributed by atoms with E-state index in [0.717, 1.165) is 113 Å². The minimum absolute atomic E-state index is 0.842. The van der Waals surface area contributed by atoms with Crippen LogP contribution in [0.5, 0.6) is 0 Å². The number of para-hydroxylation sites is 4. The second kappa shape index (κ2) is 15.6. The van der Waals surface area contributed by atoms with E-state index >= 15 is 0 Å². The molecule has 72 heavy (non-hydrogen) atoms. The lowest BCUT2D eigenvalue weighted by Gasteiger charge is -2.26. The third kappa shape index (κ3) is 6.02. The lowest BCUT2D eigenvalue weighted by molar-refractivity contribution is 0.663. The van der Waals surface area contributed by atoms with Crippen LogP contribution in [0.2, 0.25) is 0 Å². The summed E-state index contributed by atoms with van der Waals surface area (Å²) in [4.78, 5) is 4.72. The summed E-state index contributed by atoms with van der Waals surface area (Å²) in [7, 11) is 0. The Morgan fingerprint density at radius 2 is 0.681 bits per heavy atom. The van der Waals surface area contributed by atoms with E-state index in [1.807, 2.05) is 0 Å². The first kappa shape index (κ1) is 40.6. The Hall–Kier alpha value is -9.26. The van der Waals surface area contributed by atoms with Crippen molar-refractivity contribution >= 4 is 143 Å². The molecule has 0 aliphatic carbocycles. The SMILES string of the molecule is CCn1c2ccccc2c2ccc(N(c3ccccc3)c3ccc4cc5c(cc4c3)oc3ccc4oc6cc7cc(N(c8ccccc8)c8ccc9c%10ccccc%10n(CC)c9c8)ccc7cc6c4c35)cc21. The Balaban J connectivity index is 0.845. The topological polar surface area (TPSA) is 42.6 Å². The molecule has 0 N–H and O–H groups in total. The van der Waals surface area contributed by atoms with Crippen LogP contribution in [0, 0.1) is 0 Å². The molecule has 15 aromatic rings. The molecule has 0 bridgehead atoms. The van der Waals surface area contributed by atoms with Gasteiger partial charge in [0, 0.05) is 101 Å². The quantitative estimate of drug-likeness (QED) is 0.152. The molecule has 342 valence electrons. The van der Waals surface area contributed by atoms with Crippen molar-refractivity contribution in [3.8, 4) is 0 Å². The monoisotopic (exact) mass is 926 g/mol. The summed E-state index contributed by atoms with van der Waals surface area (Å²) in [5, 5.41) is 13.9. The highest BCUT2D eigenvalue weighted by Crippen LogP contribution is 2.46. The van der Waals surface area contributed by atoms with E-state index in [9.17, 15) is 0 Å². The highest BCUT2D eigenvalue weighted by Gasteiger charge is 2.22. The van der Waals surface area contributed by atoms with E-state index in [2.05, 4.69) is 251 Å². The molecular weight excluding hydrogens is 881 g/mol. The summed E-state index contributed by atoms with van der Waals surface area (Å²) in [6.45, 7) is 6.23. The van der Waals surface area contributed by atoms with E-state index in [-0.39, 0.29) is 0 Å². The molecule has 0 saturated heterocycles. The highest BCUT2D eigenvalue weighted by atomic mass is 16.3. The predicted molar refractivity (Wildman–Crippen MR) is 303 cm³/mol. The number of benzene rings is 11. The van der Waals surface area contributed by atoms with Gasteiger partial charge in [-0.3, -0.25) is 0 Å². The maximum atomic E-state index is 6.77. The van der Waals surface area contributed by atoms with Gasteiger partial charge in [-0.2, -0.15) is 0 Å². The molecule has 6 heteroatoms. The van der Waals surface area contributed by atoms with Gasteiger partial charge in [-0.1, -0.05) is 97.1 Å². The molecule has 15 rings (SSSR count). The fraction of sp³-hybridized carbons (Fsp3) is 0.0606. The average molecular weight is 927 g/mol. The number of nitrogens with zero attached hydrogens (tertiary/aromatic N) is 4. The molecule has 0 radical (unpaired) electrons. The first-order valence-electron chi connectivity index (χ1n) is 25.0. The van der Waals surface area contributed by atoms with Gasteiger partial charge in [0.1, 0.15) is 22.3 Å². The molecule has 0 aliphatic heterocycles. The van der Waals surface area contributed by atoms with E-state index in [1.54, 1.807) is 0 Å². The normalized spacial score (nSPS) is 12.1. The van der Waals surface area contributed by atoms with E-state index in [4.69, 9.17) is 8.83 Å². The van der Waals surface area contributed by atoms with Crippen LogP contribution in [0.1, 0.15) is 13.8 Å². The fourth-order valence-electron chi connectivity index (χ4n) is 12.0. The molecule has 0 unspecified atom stereocenters.